The normalized spacial score (nSPS) is 10.7. The number of benzene rings is 1. The number of anilines is 2. The molecule has 6 heteroatoms. The molecule has 0 aliphatic carbocycles. The number of hydrogen-bond donors (Lipinski definition) is 1. The van der Waals surface area contributed by atoms with E-state index in [9.17, 15) is 0 Å². The highest BCUT2D eigenvalue weighted by Crippen LogP contribution is 2.26. The van der Waals surface area contributed by atoms with Crippen LogP contribution in [-0.2, 0) is 0 Å². The van der Waals surface area contributed by atoms with Gasteiger partial charge in [0.2, 0.25) is 0 Å². The number of hydrogen-bond acceptors (Lipinski definition) is 5. The lowest BCUT2D eigenvalue weighted by atomic mass is 10.2. The zero-order chi connectivity index (χ0) is 16.4. The van der Waals surface area contributed by atoms with E-state index in [1.807, 2.05) is 48.5 Å². The lowest BCUT2D eigenvalue weighted by molar-refractivity contribution is 1.18. The summed E-state index contributed by atoms with van der Waals surface area (Å²) in [6, 6.07) is 15.0. The van der Waals surface area contributed by atoms with E-state index in [1.165, 1.54) is 0 Å². The Morgan fingerprint density at radius 1 is 0.833 bits per heavy atom. The van der Waals surface area contributed by atoms with Crippen molar-refractivity contribution in [3.8, 4) is 11.4 Å². The van der Waals surface area contributed by atoms with Crippen LogP contribution in [-0.4, -0.2) is 19.9 Å². The van der Waals surface area contributed by atoms with Crippen LogP contribution in [0, 0.1) is 0 Å². The van der Waals surface area contributed by atoms with Crippen LogP contribution in [0.2, 0.25) is 5.02 Å². The Bertz CT molecular complexity index is 987. The molecule has 0 unspecified atom stereocenters. The number of aromatic nitrogens is 4. The van der Waals surface area contributed by atoms with Crippen LogP contribution < -0.4 is 5.32 Å². The van der Waals surface area contributed by atoms with Crippen LogP contribution in [0.5, 0.6) is 0 Å². The third kappa shape index (κ3) is 2.89. The first kappa shape index (κ1) is 14.5. The first-order valence-electron chi connectivity index (χ1n) is 7.35. The maximum Gasteiger partial charge on any atom is 0.165 e. The molecule has 4 rings (SSSR count). The number of fused-ring (bicyclic) bond motifs is 1. The topological polar surface area (TPSA) is 63.6 Å². The summed E-state index contributed by atoms with van der Waals surface area (Å²) >= 11 is 5.96. The Labute approximate surface area is 143 Å². The Morgan fingerprint density at radius 3 is 2.42 bits per heavy atom. The molecular formula is C18H12ClN5. The monoisotopic (exact) mass is 333 g/mol. The second kappa shape index (κ2) is 6.22. The van der Waals surface area contributed by atoms with Crippen molar-refractivity contribution in [2.75, 3.05) is 5.32 Å². The van der Waals surface area contributed by atoms with E-state index in [1.54, 1.807) is 18.6 Å². The average Bonchev–Trinajstić information content (AvgIpc) is 2.63. The maximum atomic E-state index is 5.96. The van der Waals surface area contributed by atoms with Gasteiger partial charge in [-0.25, -0.2) is 15.0 Å². The predicted octanol–water partition coefficient (Wildman–Crippen LogP) is 4.48. The van der Waals surface area contributed by atoms with Gasteiger partial charge in [0, 0.05) is 34.9 Å². The van der Waals surface area contributed by atoms with E-state index in [0.29, 0.717) is 22.3 Å². The Morgan fingerprint density at radius 2 is 1.62 bits per heavy atom. The molecule has 116 valence electrons. The lowest BCUT2D eigenvalue weighted by Crippen LogP contribution is -2.00. The fraction of sp³-hybridized carbons (Fsp3) is 0. The molecule has 1 aromatic carbocycles. The van der Waals surface area contributed by atoms with E-state index in [-0.39, 0.29) is 0 Å². The summed E-state index contributed by atoms with van der Waals surface area (Å²) < 4.78 is 0. The molecule has 0 fully saturated rings. The summed E-state index contributed by atoms with van der Waals surface area (Å²) in [5.74, 6) is 1.29. The van der Waals surface area contributed by atoms with Gasteiger partial charge in [-0.05, 0) is 48.5 Å². The number of halogens is 1. The minimum Gasteiger partial charge on any atom is -0.339 e. The number of nitrogens with zero attached hydrogens (tertiary/aromatic N) is 4. The van der Waals surface area contributed by atoms with E-state index < -0.39 is 0 Å². The van der Waals surface area contributed by atoms with Crippen LogP contribution >= 0.6 is 11.6 Å². The number of nitrogens with one attached hydrogen (secondary N) is 1. The molecule has 0 atom stereocenters. The first-order chi connectivity index (χ1) is 11.8. The highest BCUT2D eigenvalue weighted by Gasteiger charge is 2.10. The highest BCUT2D eigenvalue weighted by atomic mass is 35.5. The molecule has 0 amide bonds. The van der Waals surface area contributed by atoms with Gasteiger partial charge in [-0.3, -0.25) is 4.98 Å². The molecule has 0 bridgehead atoms. The standard InChI is InChI=1S/C18H12ClN5/c19-13-5-3-12(4-6-13)16-23-17-15(2-1-9-21-17)18(24-16)22-14-7-10-20-11-8-14/h1-11H,(H,20,21,22,23,24). The van der Waals surface area contributed by atoms with Crippen LogP contribution in [0.15, 0.2) is 67.1 Å². The molecule has 1 N–H and O–H groups in total. The van der Waals surface area contributed by atoms with E-state index in [2.05, 4.69) is 25.3 Å². The minimum absolute atomic E-state index is 0.592. The summed E-state index contributed by atoms with van der Waals surface area (Å²) in [6.07, 6.45) is 5.17. The molecule has 0 saturated carbocycles. The van der Waals surface area contributed by atoms with Crippen LogP contribution in [0.3, 0.4) is 0 Å². The second-order valence-corrected chi connectivity index (χ2v) is 5.57. The Kier molecular flexibility index (Phi) is 3.76. The first-order valence-corrected chi connectivity index (χ1v) is 7.73. The molecular weight excluding hydrogens is 322 g/mol. The van der Waals surface area contributed by atoms with Crippen molar-refractivity contribution in [1.29, 1.82) is 0 Å². The molecule has 0 spiro atoms. The van der Waals surface area contributed by atoms with Crippen molar-refractivity contribution in [2.24, 2.45) is 0 Å². The molecule has 5 nitrogen and oxygen atoms in total. The Hall–Kier alpha value is -3.05. The minimum atomic E-state index is 0.592. The summed E-state index contributed by atoms with van der Waals surface area (Å²) in [5, 5.41) is 4.84. The van der Waals surface area contributed by atoms with Gasteiger partial charge in [-0.1, -0.05) is 11.6 Å². The molecule has 0 aliphatic rings. The fourth-order valence-corrected chi connectivity index (χ4v) is 2.48. The van der Waals surface area contributed by atoms with E-state index >= 15 is 0 Å². The van der Waals surface area contributed by atoms with E-state index in [0.717, 1.165) is 16.6 Å². The number of pyridine rings is 2. The molecule has 24 heavy (non-hydrogen) atoms. The Balaban J connectivity index is 1.86. The van der Waals surface area contributed by atoms with Gasteiger partial charge < -0.3 is 5.32 Å². The zero-order valence-corrected chi connectivity index (χ0v) is 13.3. The van der Waals surface area contributed by atoms with Crippen molar-refractivity contribution in [3.63, 3.8) is 0 Å². The third-order valence-electron chi connectivity index (χ3n) is 3.52. The third-order valence-corrected chi connectivity index (χ3v) is 3.77. The summed E-state index contributed by atoms with van der Waals surface area (Å²) in [6.45, 7) is 0. The molecule has 0 saturated heterocycles. The second-order valence-electron chi connectivity index (χ2n) is 5.14. The van der Waals surface area contributed by atoms with Gasteiger partial charge in [0.1, 0.15) is 5.82 Å². The van der Waals surface area contributed by atoms with Crippen LogP contribution in [0.4, 0.5) is 11.5 Å². The van der Waals surface area contributed by atoms with Crippen molar-refractivity contribution >= 4 is 34.1 Å². The fourth-order valence-electron chi connectivity index (χ4n) is 2.36. The quantitative estimate of drug-likeness (QED) is 0.598. The lowest BCUT2D eigenvalue weighted by Gasteiger charge is -2.10. The van der Waals surface area contributed by atoms with Gasteiger partial charge in [0.05, 0.1) is 5.39 Å². The highest BCUT2D eigenvalue weighted by molar-refractivity contribution is 6.30. The van der Waals surface area contributed by atoms with Crippen molar-refractivity contribution in [1.82, 2.24) is 19.9 Å². The van der Waals surface area contributed by atoms with Crippen molar-refractivity contribution in [2.45, 2.75) is 0 Å². The summed E-state index contributed by atoms with van der Waals surface area (Å²) in [5.41, 5.74) is 2.41. The van der Waals surface area contributed by atoms with Gasteiger partial charge in [-0.2, -0.15) is 0 Å². The van der Waals surface area contributed by atoms with Gasteiger partial charge in [0.15, 0.2) is 11.5 Å². The predicted molar refractivity (Wildman–Crippen MR) is 95.3 cm³/mol. The zero-order valence-electron chi connectivity index (χ0n) is 12.5. The molecule has 4 aromatic rings. The van der Waals surface area contributed by atoms with Crippen LogP contribution in [0.25, 0.3) is 22.4 Å². The van der Waals surface area contributed by atoms with Gasteiger partial charge in [-0.15, -0.1) is 0 Å². The molecule has 0 aliphatic heterocycles. The smallest absolute Gasteiger partial charge is 0.165 e. The van der Waals surface area contributed by atoms with Gasteiger partial charge in [0.25, 0.3) is 0 Å². The average molecular weight is 334 g/mol. The summed E-state index contributed by atoms with van der Waals surface area (Å²) in [4.78, 5) is 17.6. The van der Waals surface area contributed by atoms with Crippen LogP contribution in [0.1, 0.15) is 0 Å². The van der Waals surface area contributed by atoms with Gasteiger partial charge >= 0.3 is 0 Å². The van der Waals surface area contributed by atoms with E-state index in [4.69, 9.17) is 11.6 Å². The molecule has 0 radical (unpaired) electrons. The molecule has 3 heterocycles. The molecule has 3 aromatic heterocycles. The SMILES string of the molecule is Clc1ccc(-c2nc(Nc3ccncc3)c3cccnc3n2)cc1. The summed E-state index contributed by atoms with van der Waals surface area (Å²) in [7, 11) is 0. The number of rotatable bonds is 3. The maximum absolute atomic E-state index is 5.96. The van der Waals surface area contributed by atoms with Crippen molar-refractivity contribution < 1.29 is 0 Å². The largest absolute Gasteiger partial charge is 0.339 e. The van der Waals surface area contributed by atoms with Crippen molar-refractivity contribution in [3.05, 3.63) is 72.1 Å².